The zero-order valence-electron chi connectivity index (χ0n) is 12.8. The molecule has 0 bridgehead atoms. The molecule has 5 nitrogen and oxygen atoms in total. The first-order valence-electron chi connectivity index (χ1n) is 7.58. The molecule has 0 atom stereocenters. The number of carbonyl (C=O) groups is 2. The number of carboxylic acid groups (broad SMARTS) is 1. The maximum atomic E-state index is 12.5. The van der Waals surface area contributed by atoms with E-state index < -0.39 is 11.5 Å². The van der Waals surface area contributed by atoms with E-state index in [2.05, 4.69) is 10.3 Å². The van der Waals surface area contributed by atoms with Gasteiger partial charge in [0.2, 0.25) is 0 Å². The van der Waals surface area contributed by atoms with E-state index in [4.69, 9.17) is 0 Å². The summed E-state index contributed by atoms with van der Waals surface area (Å²) in [7, 11) is 0. The molecule has 3 N–H and O–H groups in total. The Bertz CT molecular complexity index is 755. The van der Waals surface area contributed by atoms with Crippen molar-refractivity contribution in [2.24, 2.45) is 0 Å². The Hall–Kier alpha value is -2.30. The number of carbonyl (C=O) groups excluding carboxylic acids is 1. The Morgan fingerprint density at radius 3 is 2.55 bits per heavy atom. The lowest BCUT2D eigenvalue weighted by Gasteiger charge is -2.24. The number of aromatic amines is 1. The number of fused-ring (bicyclic) bond motifs is 1. The van der Waals surface area contributed by atoms with Gasteiger partial charge in [-0.05, 0) is 49.9 Å². The molecule has 116 valence electrons. The number of aryl methyl sites for hydroxylation is 2. The fourth-order valence-corrected chi connectivity index (χ4v) is 3.24. The van der Waals surface area contributed by atoms with Crippen LogP contribution in [-0.2, 0) is 4.79 Å². The van der Waals surface area contributed by atoms with Crippen LogP contribution in [0.25, 0.3) is 10.9 Å². The van der Waals surface area contributed by atoms with Crippen LogP contribution in [-0.4, -0.2) is 27.5 Å². The largest absolute Gasteiger partial charge is 0.480 e. The van der Waals surface area contributed by atoms with Crippen molar-refractivity contribution in [2.75, 3.05) is 0 Å². The minimum absolute atomic E-state index is 0.349. The third-order valence-electron chi connectivity index (χ3n) is 4.81. The number of hydrogen-bond acceptors (Lipinski definition) is 2. The number of rotatable bonds is 3. The number of nitrogens with one attached hydrogen (secondary N) is 2. The minimum atomic E-state index is -1.11. The topological polar surface area (TPSA) is 82.2 Å². The third kappa shape index (κ3) is 2.26. The van der Waals surface area contributed by atoms with Gasteiger partial charge in [0, 0.05) is 10.9 Å². The van der Waals surface area contributed by atoms with E-state index in [1.807, 2.05) is 26.0 Å². The monoisotopic (exact) mass is 300 g/mol. The van der Waals surface area contributed by atoms with Crippen molar-refractivity contribution < 1.29 is 14.7 Å². The Morgan fingerprint density at radius 1 is 1.23 bits per heavy atom. The van der Waals surface area contributed by atoms with Crippen LogP contribution in [0.2, 0.25) is 0 Å². The molecule has 1 aromatic carbocycles. The number of hydrogen-bond donors (Lipinski definition) is 3. The smallest absolute Gasteiger partial charge is 0.329 e. The first-order chi connectivity index (χ1) is 10.4. The van der Waals surface area contributed by atoms with Crippen molar-refractivity contribution in [1.29, 1.82) is 0 Å². The maximum absolute atomic E-state index is 12.5. The molecule has 3 rings (SSSR count). The Morgan fingerprint density at radius 2 is 1.91 bits per heavy atom. The molecule has 2 aromatic rings. The molecule has 0 unspecified atom stereocenters. The van der Waals surface area contributed by atoms with Crippen molar-refractivity contribution >= 4 is 22.8 Å². The van der Waals surface area contributed by atoms with Crippen LogP contribution in [0.4, 0.5) is 0 Å². The lowest BCUT2D eigenvalue weighted by Crippen LogP contribution is -2.52. The number of aromatic nitrogens is 1. The van der Waals surface area contributed by atoms with Crippen molar-refractivity contribution in [3.63, 3.8) is 0 Å². The van der Waals surface area contributed by atoms with Crippen molar-refractivity contribution in [1.82, 2.24) is 10.3 Å². The minimum Gasteiger partial charge on any atom is -0.480 e. The van der Waals surface area contributed by atoms with Gasteiger partial charge in [-0.3, -0.25) is 4.79 Å². The number of H-pyrrole nitrogens is 1. The lowest BCUT2D eigenvalue weighted by molar-refractivity contribution is -0.144. The molecule has 1 heterocycles. The lowest BCUT2D eigenvalue weighted by atomic mass is 9.97. The highest BCUT2D eigenvalue weighted by Crippen LogP contribution is 2.30. The molecule has 1 aromatic heterocycles. The standard InChI is InChI=1S/C17H20N2O3/c1-10-5-6-13-12(11(10)2)9-14(18-13)15(20)19-17(16(21)22)7-3-4-8-17/h5-6,9,18H,3-4,7-8H2,1-2H3,(H,19,20)(H,21,22). The first kappa shape index (κ1) is 14.6. The van der Waals surface area contributed by atoms with E-state index in [0.29, 0.717) is 18.5 Å². The summed E-state index contributed by atoms with van der Waals surface area (Å²) in [4.78, 5) is 27.1. The highest BCUT2D eigenvalue weighted by atomic mass is 16.4. The average molecular weight is 300 g/mol. The second-order valence-corrected chi connectivity index (χ2v) is 6.20. The predicted molar refractivity (Wildman–Crippen MR) is 84.1 cm³/mol. The van der Waals surface area contributed by atoms with E-state index in [0.717, 1.165) is 34.9 Å². The van der Waals surface area contributed by atoms with Crippen molar-refractivity contribution in [3.8, 4) is 0 Å². The molecule has 1 aliphatic carbocycles. The molecule has 1 fully saturated rings. The average Bonchev–Trinajstić information content (AvgIpc) is 3.10. The third-order valence-corrected chi connectivity index (χ3v) is 4.81. The van der Waals surface area contributed by atoms with Crippen LogP contribution in [0.5, 0.6) is 0 Å². The van der Waals surface area contributed by atoms with E-state index >= 15 is 0 Å². The van der Waals surface area contributed by atoms with E-state index in [1.165, 1.54) is 0 Å². The van der Waals surface area contributed by atoms with E-state index in [9.17, 15) is 14.7 Å². The Labute approximate surface area is 128 Å². The van der Waals surface area contributed by atoms with Crippen LogP contribution in [0.15, 0.2) is 18.2 Å². The van der Waals surface area contributed by atoms with Crippen LogP contribution in [0, 0.1) is 13.8 Å². The highest BCUT2D eigenvalue weighted by Gasteiger charge is 2.42. The van der Waals surface area contributed by atoms with E-state index in [-0.39, 0.29) is 5.91 Å². The van der Waals surface area contributed by atoms with Gasteiger partial charge in [-0.15, -0.1) is 0 Å². The summed E-state index contributed by atoms with van der Waals surface area (Å²) < 4.78 is 0. The Kier molecular flexibility index (Phi) is 3.43. The summed E-state index contributed by atoms with van der Waals surface area (Å²) in [6.45, 7) is 4.04. The molecule has 1 aliphatic rings. The summed E-state index contributed by atoms with van der Waals surface area (Å²) in [6, 6.07) is 5.75. The van der Waals surface area contributed by atoms with Gasteiger partial charge in [0.1, 0.15) is 11.2 Å². The van der Waals surface area contributed by atoms with Crippen LogP contribution >= 0.6 is 0 Å². The van der Waals surface area contributed by atoms with Gasteiger partial charge < -0.3 is 15.4 Å². The van der Waals surface area contributed by atoms with Gasteiger partial charge in [-0.25, -0.2) is 4.79 Å². The number of aliphatic carboxylic acids is 1. The molecule has 0 aliphatic heterocycles. The van der Waals surface area contributed by atoms with Gasteiger partial charge in [0.25, 0.3) is 5.91 Å². The summed E-state index contributed by atoms with van der Waals surface area (Å²) in [5.41, 5.74) is 2.48. The zero-order valence-corrected chi connectivity index (χ0v) is 12.8. The fourth-order valence-electron chi connectivity index (χ4n) is 3.24. The molecular formula is C17H20N2O3. The molecular weight excluding hydrogens is 280 g/mol. The molecule has 1 saturated carbocycles. The molecule has 0 radical (unpaired) electrons. The number of amides is 1. The normalized spacial score (nSPS) is 16.8. The van der Waals surface area contributed by atoms with E-state index in [1.54, 1.807) is 6.07 Å². The maximum Gasteiger partial charge on any atom is 0.329 e. The first-order valence-corrected chi connectivity index (χ1v) is 7.58. The second-order valence-electron chi connectivity index (χ2n) is 6.20. The van der Waals surface area contributed by atoms with Gasteiger partial charge in [0.15, 0.2) is 0 Å². The molecule has 0 saturated heterocycles. The fraction of sp³-hybridized carbons (Fsp3) is 0.412. The van der Waals surface area contributed by atoms with Crippen LogP contribution in [0.3, 0.4) is 0 Å². The zero-order chi connectivity index (χ0) is 15.9. The molecule has 0 spiro atoms. The number of benzene rings is 1. The molecule has 1 amide bonds. The summed E-state index contributed by atoms with van der Waals surface area (Å²) >= 11 is 0. The Balaban J connectivity index is 1.92. The van der Waals surface area contributed by atoms with Gasteiger partial charge in [-0.2, -0.15) is 0 Å². The summed E-state index contributed by atoms with van der Waals surface area (Å²) in [5.74, 6) is -1.29. The predicted octanol–water partition coefficient (Wildman–Crippen LogP) is 2.91. The van der Waals surface area contributed by atoms with Crippen molar-refractivity contribution in [2.45, 2.75) is 45.1 Å². The molecule has 22 heavy (non-hydrogen) atoms. The number of carboxylic acids is 1. The van der Waals surface area contributed by atoms with Gasteiger partial charge >= 0.3 is 5.97 Å². The van der Waals surface area contributed by atoms with Crippen molar-refractivity contribution in [3.05, 3.63) is 35.0 Å². The summed E-state index contributed by atoms with van der Waals surface area (Å²) in [5, 5.41) is 13.2. The quantitative estimate of drug-likeness (QED) is 0.815. The van der Waals surface area contributed by atoms with Gasteiger partial charge in [-0.1, -0.05) is 18.9 Å². The van der Waals surface area contributed by atoms with Gasteiger partial charge in [0.05, 0.1) is 0 Å². The van der Waals surface area contributed by atoms with Crippen LogP contribution in [0.1, 0.15) is 47.3 Å². The highest BCUT2D eigenvalue weighted by molar-refractivity contribution is 6.01. The SMILES string of the molecule is Cc1ccc2[nH]c(C(=O)NC3(C(=O)O)CCCC3)cc2c1C. The second kappa shape index (κ2) is 5.16. The summed E-state index contributed by atoms with van der Waals surface area (Å²) in [6.07, 6.45) is 2.65. The molecule has 5 heteroatoms. The van der Waals surface area contributed by atoms with Crippen LogP contribution < -0.4 is 5.32 Å².